The number of rotatable bonds is 10. The number of amides is 1. The van der Waals surface area contributed by atoms with Gasteiger partial charge in [0.05, 0.1) is 7.11 Å². The summed E-state index contributed by atoms with van der Waals surface area (Å²) < 4.78 is 7.42. The van der Waals surface area contributed by atoms with Crippen LogP contribution in [0.5, 0.6) is 6.01 Å². The van der Waals surface area contributed by atoms with Crippen molar-refractivity contribution in [1.29, 1.82) is 0 Å². The van der Waals surface area contributed by atoms with E-state index in [2.05, 4.69) is 74.9 Å². The second kappa shape index (κ2) is 12.4. The number of piperidine rings is 1. The number of carbonyl (C=O) groups excluding carboxylic acids is 1. The summed E-state index contributed by atoms with van der Waals surface area (Å²) in [5.41, 5.74) is 7.11. The quantitative estimate of drug-likeness (QED) is 0.294. The number of fused-ring (bicyclic) bond motifs is 1. The van der Waals surface area contributed by atoms with Crippen LogP contribution in [0.4, 0.5) is 0 Å². The third-order valence-corrected chi connectivity index (χ3v) is 7.93. The molecule has 1 unspecified atom stereocenters. The molecule has 5 rings (SSSR count). The van der Waals surface area contributed by atoms with E-state index in [1.807, 2.05) is 0 Å². The van der Waals surface area contributed by atoms with Crippen LogP contribution in [0.1, 0.15) is 54.8 Å². The number of methoxy groups -OCH3 is 1. The lowest BCUT2D eigenvalue weighted by Gasteiger charge is -2.34. The molecule has 0 saturated carbocycles. The largest absolute Gasteiger partial charge is 0.467 e. The summed E-state index contributed by atoms with van der Waals surface area (Å²) in [5, 5.41) is 10.8. The highest BCUT2D eigenvalue weighted by Crippen LogP contribution is 2.36. The van der Waals surface area contributed by atoms with Gasteiger partial charge in [-0.25, -0.2) is 9.97 Å². The molecule has 2 aromatic heterocycles. The molecule has 1 saturated heterocycles. The van der Waals surface area contributed by atoms with E-state index < -0.39 is 0 Å². The number of carbonyl (C=O) groups is 1. The van der Waals surface area contributed by atoms with Crippen LogP contribution in [-0.4, -0.2) is 57.3 Å². The summed E-state index contributed by atoms with van der Waals surface area (Å²) in [4.78, 5) is 23.7. The monoisotopic (exact) mass is 526 g/mol. The molecule has 204 valence electrons. The van der Waals surface area contributed by atoms with Crippen molar-refractivity contribution < 1.29 is 14.6 Å². The van der Waals surface area contributed by atoms with E-state index in [4.69, 9.17) is 4.74 Å². The van der Waals surface area contributed by atoms with Gasteiger partial charge in [-0.3, -0.25) is 4.79 Å². The van der Waals surface area contributed by atoms with Gasteiger partial charge in [0.1, 0.15) is 0 Å². The molecule has 1 aliphatic rings. The maximum absolute atomic E-state index is 13.2. The molecular formula is C32H38N4O3. The fourth-order valence-electron chi connectivity index (χ4n) is 5.96. The molecular weight excluding hydrogens is 488 g/mol. The smallest absolute Gasteiger partial charge is 0.316 e. The Labute approximate surface area is 230 Å². The van der Waals surface area contributed by atoms with Crippen molar-refractivity contribution in [3.8, 4) is 17.1 Å². The number of aliphatic hydroxyl groups excluding tert-OH is 1. The fraction of sp³-hybridized carbons (Fsp3) is 0.406. The normalized spacial score (nSPS) is 15.6. The molecule has 2 aromatic carbocycles. The SMILES string of the molecule is COc1ncc(-c2ccc(CCCC(=O)N3CCCC(c4c(C)c5ccccc5n4CCCO)C3)cc2)cn1. The van der Waals surface area contributed by atoms with Crippen molar-refractivity contribution in [2.24, 2.45) is 0 Å². The van der Waals surface area contributed by atoms with E-state index in [-0.39, 0.29) is 12.5 Å². The highest BCUT2D eigenvalue weighted by Gasteiger charge is 2.29. The third kappa shape index (κ3) is 5.98. The lowest BCUT2D eigenvalue weighted by Crippen LogP contribution is -2.39. The molecule has 7 heteroatoms. The van der Waals surface area contributed by atoms with Crippen LogP contribution in [0.15, 0.2) is 60.9 Å². The van der Waals surface area contributed by atoms with Gasteiger partial charge in [-0.2, -0.15) is 0 Å². The van der Waals surface area contributed by atoms with Crippen LogP contribution in [-0.2, 0) is 17.8 Å². The number of para-hydroxylation sites is 1. The maximum Gasteiger partial charge on any atom is 0.316 e. The molecule has 0 aliphatic carbocycles. The van der Waals surface area contributed by atoms with Gasteiger partial charge in [-0.1, -0.05) is 42.5 Å². The van der Waals surface area contributed by atoms with Crippen molar-refractivity contribution in [3.05, 3.63) is 77.7 Å². The van der Waals surface area contributed by atoms with Crippen LogP contribution < -0.4 is 4.74 Å². The molecule has 1 aliphatic heterocycles. The summed E-state index contributed by atoms with van der Waals surface area (Å²) in [5.74, 6) is 0.575. The Balaban J connectivity index is 1.19. The van der Waals surface area contributed by atoms with E-state index in [9.17, 15) is 9.90 Å². The molecule has 0 radical (unpaired) electrons. The number of aliphatic hydroxyl groups is 1. The van der Waals surface area contributed by atoms with Crippen LogP contribution in [0.25, 0.3) is 22.0 Å². The highest BCUT2D eigenvalue weighted by atomic mass is 16.5. The average Bonchev–Trinajstić information content (AvgIpc) is 3.27. The Bertz CT molecular complexity index is 1400. The van der Waals surface area contributed by atoms with E-state index >= 15 is 0 Å². The first-order valence-electron chi connectivity index (χ1n) is 14.0. The predicted octanol–water partition coefficient (Wildman–Crippen LogP) is 5.53. The number of aryl methyl sites for hydroxylation is 3. The van der Waals surface area contributed by atoms with Crippen LogP contribution >= 0.6 is 0 Å². The number of ether oxygens (including phenoxy) is 1. The lowest BCUT2D eigenvalue weighted by atomic mass is 9.91. The van der Waals surface area contributed by atoms with Gasteiger partial charge < -0.3 is 19.3 Å². The van der Waals surface area contributed by atoms with Crippen molar-refractivity contribution in [3.63, 3.8) is 0 Å². The van der Waals surface area contributed by atoms with E-state index in [1.165, 1.54) is 27.7 Å². The first kappa shape index (κ1) is 26.9. The first-order chi connectivity index (χ1) is 19.1. The first-order valence-corrected chi connectivity index (χ1v) is 14.0. The van der Waals surface area contributed by atoms with Gasteiger partial charge in [0, 0.05) is 73.1 Å². The van der Waals surface area contributed by atoms with Gasteiger partial charge in [-0.05, 0) is 61.8 Å². The summed E-state index contributed by atoms with van der Waals surface area (Å²) in [7, 11) is 1.56. The van der Waals surface area contributed by atoms with Gasteiger partial charge in [-0.15, -0.1) is 0 Å². The maximum atomic E-state index is 13.2. The van der Waals surface area contributed by atoms with Gasteiger partial charge in [0.15, 0.2) is 0 Å². The van der Waals surface area contributed by atoms with Crippen molar-refractivity contribution >= 4 is 16.8 Å². The Morgan fingerprint density at radius 1 is 1.05 bits per heavy atom. The summed E-state index contributed by atoms with van der Waals surface area (Å²) >= 11 is 0. The number of hydrogen-bond acceptors (Lipinski definition) is 5. The zero-order chi connectivity index (χ0) is 27.2. The van der Waals surface area contributed by atoms with Crippen molar-refractivity contribution in [2.75, 3.05) is 26.8 Å². The minimum Gasteiger partial charge on any atom is -0.467 e. The second-order valence-electron chi connectivity index (χ2n) is 10.4. The molecule has 0 bridgehead atoms. The zero-order valence-electron chi connectivity index (χ0n) is 23.0. The number of benzene rings is 2. The minimum atomic E-state index is 0.179. The van der Waals surface area contributed by atoms with Crippen LogP contribution in [0, 0.1) is 6.92 Å². The fourth-order valence-corrected chi connectivity index (χ4v) is 5.96. The molecule has 39 heavy (non-hydrogen) atoms. The molecule has 7 nitrogen and oxygen atoms in total. The topological polar surface area (TPSA) is 80.5 Å². The molecule has 1 amide bonds. The molecule has 1 atom stereocenters. The molecule has 3 heterocycles. The number of nitrogens with zero attached hydrogens (tertiary/aromatic N) is 4. The predicted molar refractivity (Wildman–Crippen MR) is 154 cm³/mol. The molecule has 0 spiro atoms. The molecule has 1 fully saturated rings. The number of hydrogen-bond donors (Lipinski definition) is 1. The zero-order valence-corrected chi connectivity index (χ0v) is 23.0. The van der Waals surface area contributed by atoms with E-state index in [0.29, 0.717) is 18.3 Å². The van der Waals surface area contributed by atoms with Crippen LogP contribution in [0.2, 0.25) is 0 Å². The average molecular weight is 527 g/mol. The van der Waals surface area contributed by atoms with Gasteiger partial charge >= 0.3 is 6.01 Å². The van der Waals surface area contributed by atoms with E-state index in [1.54, 1.807) is 19.5 Å². The number of aromatic nitrogens is 3. The summed E-state index contributed by atoms with van der Waals surface area (Å²) in [6, 6.07) is 17.3. The minimum absolute atomic E-state index is 0.179. The van der Waals surface area contributed by atoms with Gasteiger partial charge in [0.25, 0.3) is 0 Å². The van der Waals surface area contributed by atoms with E-state index in [0.717, 1.165) is 62.9 Å². The van der Waals surface area contributed by atoms with Crippen molar-refractivity contribution in [1.82, 2.24) is 19.4 Å². The Morgan fingerprint density at radius 3 is 2.56 bits per heavy atom. The Kier molecular flexibility index (Phi) is 8.57. The Morgan fingerprint density at radius 2 is 1.82 bits per heavy atom. The second-order valence-corrected chi connectivity index (χ2v) is 10.4. The molecule has 1 N–H and O–H groups in total. The summed E-state index contributed by atoms with van der Waals surface area (Å²) in [6.45, 7) is 4.80. The summed E-state index contributed by atoms with van der Waals surface area (Å²) in [6.07, 6.45) is 8.64. The highest BCUT2D eigenvalue weighted by molar-refractivity contribution is 5.85. The lowest BCUT2D eigenvalue weighted by molar-refractivity contribution is -0.132. The van der Waals surface area contributed by atoms with Gasteiger partial charge in [0.2, 0.25) is 5.91 Å². The van der Waals surface area contributed by atoms with Crippen LogP contribution in [0.3, 0.4) is 0 Å². The third-order valence-electron chi connectivity index (χ3n) is 7.93. The van der Waals surface area contributed by atoms with Crippen molar-refractivity contribution in [2.45, 2.75) is 57.9 Å². The standard InChI is InChI=1S/C32H38N4O3/c1-23-28-10-3-4-11-29(28)36(18-7-19-37)31(23)26-9-6-17-35(22-26)30(38)12-5-8-24-13-15-25(16-14-24)27-20-33-32(39-2)34-21-27/h3-4,10-11,13-16,20-21,26,37H,5-9,12,17-19,22H2,1-2H3. The molecule has 4 aromatic rings. The Hall–Kier alpha value is -3.71. The number of likely N-dealkylation sites (tertiary alicyclic amines) is 1.